The zero-order chi connectivity index (χ0) is 17.2. The summed E-state index contributed by atoms with van der Waals surface area (Å²) in [6, 6.07) is 13.3. The topological polar surface area (TPSA) is 49.8 Å². The van der Waals surface area contributed by atoms with Gasteiger partial charge in [0.1, 0.15) is 17.2 Å². The molecule has 1 saturated heterocycles. The van der Waals surface area contributed by atoms with Crippen molar-refractivity contribution in [2.45, 2.75) is 18.9 Å². The van der Waals surface area contributed by atoms with Gasteiger partial charge in [0.15, 0.2) is 6.61 Å². The van der Waals surface area contributed by atoms with Gasteiger partial charge in [-0.25, -0.2) is 4.39 Å². The molecule has 1 aliphatic heterocycles. The largest absolute Gasteiger partial charge is 0.484 e. The van der Waals surface area contributed by atoms with Gasteiger partial charge in [-0.05, 0) is 42.7 Å². The fourth-order valence-corrected chi connectivity index (χ4v) is 2.95. The predicted octanol–water partition coefficient (Wildman–Crippen LogP) is 2.63. The van der Waals surface area contributed by atoms with Crippen LogP contribution >= 0.6 is 0 Å². The van der Waals surface area contributed by atoms with E-state index >= 15 is 0 Å². The van der Waals surface area contributed by atoms with E-state index in [4.69, 9.17) is 4.74 Å². The minimum Gasteiger partial charge on any atom is -0.484 e. The number of aliphatic hydroxyl groups is 1. The number of aryl methyl sites for hydroxylation is 1. The molecule has 0 spiro atoms. The third-order valence-corrected chi connectivity index (χ3v) is 4.43. The normalized spacial score (nSPS) is 20.2. The van der Waals surface area contributed by atoms with Crippen LogP contribution in [0.1, 0.15) is 17.5 Å². The van der Waals surface area contributed by atoms with Crippen molar-refractivity contribution in [3.63, 3.8) is 0 Å². The van der Waals surface area contributed by atoms with E-state index < -0.39 is 5.60 Å². The number of hydrogen-bond donors (Lipinski definition) is 1. The average molecular weight is 329 g/mol. The highest BCUT2D eigenvalue weighted by Crippen LogP contribution is 2.32. The molecule has 24 heavy (non-hydrogen) atoms. The third-order valence-electron chi connectivity index (χ3n) is 4.43. The van der Waals surface area contributed by atoms with E-state index in [-0.39, 0.29) is 24.9 Å². The second kappa shape index (κ2) is 6.61. The Bertz CT molecular complexity index is 732. The molecule has 1 amide bonds. The van der Waals surface area contributed by atoms with Gasteiger partial charge in [0.2, 0.25) is 0 Å². The average Bonchev–Trinajstić information content (AvgIpc) is 2.98. The smallest absolute Gasteiger partial charge is 0.260 e. The molecule has 0 aromatic heterocycles. The van der Waals surface area contributed by atoms with Crippen molar-refractivity contribution >= 4 is 5.91 Å². The summed E-state index contributed by atoms with van der Waals surface area (Å²) in [6.45, 7) is 2.49. The second-order valence-electron chi connectivity index (χ2n) is 6.16. The summed E-state index contributed by atoms with van der Waals surface area (Å²) < 4.78 is 18.6. The number of hydrogen-bond acceptors (Lipinski definition) is 3. The van der Waals surface area contributed by atoms with E-state index in [0.29, 0.717) is 24.3 Å². The molecular weight excluding hydrogens is 309 g/mol. The van der Waals surface area contributed by atoms with Crippen molar-refractivity contribution in [3.05, 3.63) is 65.5 Å². The molecule has 3 rings (SSSR count). The number of para-hydroxylation sites is 1. The Morgan fingerprint density at radius 1 is 1.25 bits per heavy atom. The van der Waals surface area contributed by atoms with Crippen molar-refractivity contribution in [1.82, 2.24) is 4.90 Å². The first-order chi connectivity index (χ1) is 11.5. The number of β-amino-alcohol motifs (C(OH)–C–C–N with tert-alkyl or cyclic N) is 1. The maximum atomic E-state index is 13.0. The first kappa shape index (κ1) is 16.5. The van der Waals surface area contributed by atoms with E-state index in [2.05, 4.69) is 0 Å². The molecule has 0 saturated carbocycles. The first-order valence-electron chi connectivity index (χ1n) is 7.92. The monoisotopic (exact) mass is 329 g/mol. The van der Waals surface area contributed by atoms with Crippen LogP contribution in [0.3, 0.4) is 0 Å². The minimum absolute atomic E-state index is 0.0651. The van der Waals surface area contributed by atoms with Crippen LogP contribution in [-0.2, 0) is 10.4 Å². The number of likely N-dealkylation sites (tertiary alicyclic amines) is 1. The summed E-state index contributed by atoms with van der Waals surface area (Å²) in [5.41, 5.74) is 0.458. The Balaban J connectivity index is 1.61. The molecule has 2 aromatic carbocycles. The number of halogens is 1. The summed E-state index contributed by atoms with van der Waals surface area (Å²) in [6.07, 6.45) is 0.425. The zero-order valence-electron chi connectivity index (χ0n) is 13.5. The van der Waals surface area contributed by atoms with Crippen LogP contribution in [0, 0.1) is 12.7 Å². The van der Waals surface area contributed by atoms with E-state index in [1.165, 1.54) is 12.1 Å². The van der Waals surface area contributed by atoms with Crippen LogP contribution in [-0.4, -0.2) is 35.6 Å². The maximum Gasteiger partial charge on any atom is 0.260 e. The van der Waals surface area contributed by atoms with Gasteiger partial charge in [0.05, 0.1) is 6.54 Å². The Morgan fingerprint density at radius 3 is 2.67 bits per heavy atom. The van der Waals surface area contributed by atoms with Crippen molar-refractivity contribution in [2.75, 3.05) is 19.7 Å². The first-order valence-corrected chi connectivity index (χ1v) is 7.92. The number of ether oxygens (including phenoxy) is 1. The van der Waals surface area contributed by atoms with Gasteiger partial charge in [-0.15, -0.1) is 0 Å². The van der Waals surface area contributed by atoms with Crippen molar-refractivity contribution in [1.29, 1.82) is 0 Å². The fourth-order valence-electron chi connectivity index (χ4n) is 2.95. The van der Waals surface area contributed by atoms with Crippen molar-refractivity contribution in [3.8, 4) is 5.75 Å². The number of benzene rings is 2. The Morgan fingerprint density at radius 2 is 1.96 bits per heavy atom. The highest BCUT2D eigenvalue weighted by Gasteiger charge is 2.39. The summed E-state index contributed by atoms with van der Waals surface area (Å²) in [4.78, 5) is 13.9. The highest BCUT2D eigenvalue weighted by atomic mass is 19.1. The summed E-state index contributed by atoms with van der Waals surface area (Å²) in [5.74, 6) is 0.162. The molecule has 0 aliphatic carbocycles. The molecule has 1 atom stereocenters. The van der Waals surface area contributed by atoms with E-state index in [0.717, 1.165) is 5.56 Å². The molecule has 2 aromatic rings. The van der Waals surface area contributed by atoms with Gasteiger partial charge in [-0.3, -0.25) is 4.79 Å². The molecule has 0 radical (unpaired) electrons. The maximum absolute atomic E-state index is 13.0. The Labute approximate surface area is 140 Å². The SMILES string of the molecule is Cc1ccccc1OCC(=O)N1CCC(O)(c2ccc(F)cc2)C1. The molecule has 0 bridgehead atoms. The van der Waals surface area contributed by atoms with Crippen LogP contribution in [0.4, 0.5) is 4.39 Å². The molecule has 4 nitrogen and oxygen atoms in total. The lowest BCUT2D eigenvalue weighted by Crippen LogP contribution is -2.37. The molecular formula is C19H20FNO3. The third kappa shape index (κ3) is 3.41. The molecule has 1 unspecified atom stereocenters. The van der Waals surface area contributed by atoms with Crippen LogP contribution in [0.15, 0.2) is 48.5 Å². The van der Waals surface area contributed by atoms with Gasteiger partial charge in [-0.2, -0.15) is 0 Å². The molecule has 5 heteroatoms. The molecule has 1 N–H and O–H groups in total. The van der Waals surface area contributed by atoms with E-state index in [9.17, 15) is 14.3 Å². The minimum atomic E-state index is -1.13. The number of amides is 1. The van der Waals surface area contributed by atoms with Crippen molar-refractivity contribution < 1.29 is 19.0 Å². The summed E-state index contributed by atoms with van der Waals surface area (Å²) in [5, 5.41) is 10.7. The standard InChI is InChI=1S/C19H20FNO3/c1-14-4-2-3-5-17(14)24-12-18(22)21-11-10-19(23,13-21)15-6-8-16(20)9-7-15/h2-9,23H,10-13H2,1H3. The second-order valence-corrected chi connectivity index (χ2v) is 6.16. The zero-order valence-corrected chi connectivity index (χ0v) is 13.5. The van der Waals surface area contributed by atoms with E-state index in [1.807, 2.05) is 31.2 Å². The Kier molecular flexibility index (Phi) is 4.53. The van der Waals surface area contributed by atoms with E-state index in [1.54, 1.807) is 17.0 Å². The van der Waals surface area contributed by atoms with Crippen LogP contribution in [0.25, 0.3) is 0 Å². The predicted molar refractivity (Wildman–Crippen MR) is 88.2 cm³/mol. The molecule has 1 heterocycles. The lowest BCUT2D eigenvalue weighted by molar-refractivity contribution is -0.133. The van der Waals surface area contributed by atoms with Crippen LogP contribution < -0.4 is 4.74 Å². The lowest BCUT2D eigenvalue weighted by atomic mass is 9.93. The summed E-state index contributed by atoms with van der Waals surface area (Å²) >= 11 is 0. The van der Waals surface area contributed by atoms with Crippen molar-refractivity contribution in [2.24, 2.45) is 0 Å². The lowest BCUT2D eigenvalue weighted by Gasteiger charge is -2.24. The summed E-state index contributed by atoms with van der Waals surface area (Å²) in [7, 11) is 0. The van der Waals surface area contributed by atoms with Gasteiger partial charge in [-0.1, -0.05) is 30.3 Å². The van der Waals surface area contributed by atoms with Crippen LogP contribution in [0.2, 0.25) is 0 Å². The van der Waals surface area contributed by atoms with Crippen LogP contribution in [0.5, 0.6) is 5.75 Å². The number of nitrogens with zero attached hydrogens (tertiary/aromatic N) is 1. The molecule has 126 valence electrons. The van der Waals surface area contributed by atoms with Gasteiger partial charge >= 0.3 is 0 Å². The number of carbonyl (C=O) groups excluding carboxylic acids is 1. The fraction of sp³-hybridized carbons (Fsp3) is 0.316. The van der Waals surface area contributed by atoms with Gasteiger partial charge < -0.3 is 14.7 Å². The quantitative estimate of drug-likeness (QED) is 0.938. The molecule has 1 fully saturated rings. The Hall–Kier alpha value is -2.40. The highest BCUT2D eigenvalue weighted by molar-refractivity contribution is 5.78. The van der Waals surface area contributed by atoms with Gasteiger partial charge in [0.25, 0.3) is 5.91 Å². The van der Waals surface area contributed by atoms with Gasteiger partial charge in [0, 0.05) is 6.54 Å². The number of carbonyl (C=O) groups is 1. The molecule has 1 aliphatic rings. The number of rotatable bonds is 4.